The van der Waals surface area contributed by atoms with E-state index in [0.717, 1.165) is 18.5 Å². The minimum atomic E-state index is 0.0277. The Hall–Kier alpha value is -4.28. The zero-order valence-corrected chi connectivity index (χ0v) is 19.8. The number of hydrogen-bond donors (Lipinski definition) is 1. The maximum Gasteiger partial charge on any atom is 0.219 e. The van der Waals surface area contributed by atoms with Crippen molar-refractivity contribution in [3.05, 3.63) is 55.0 Å². The molecular weight excluding hydrogens is 444 g/mol. The Morgan fingerprint density at radius 1 is 1.03 bits per heavy atom. The van der Waals surface area contributed by atoms with Crippen LogP contribution in [0.4, 0.5) is 11.5 Å². The second-order valence-electron chi connectivity index (χ2n) is 8.71. The molecule has 0 aromatic carbocycles. The van der Waals surface area contributed by atoms with Crippen molar-refractivity contribution in [1.29, 1.82) is 0 Å². The van der Waals surface area contributed by atoms with Crippen LogP contribution in [0.2, 0.25) is 0 Å². The van der Waals surface area contributed by atoms with Crippen molar-refractivity contribution in [2.75, 3.05) is 11.9 Å². The summed E-state index contributed by atoms with van der Waals surface area (Å²) in [6.07, 6.45) is 10.3. The van der Waals surface area contributed by atoms with Crippen LogP contribution < -0.4 is 5.32 Å². The van der Waals surface area contributed by atoms with Gasteiger partial charge in [0, 0.05) is 62.8 Å². The van der Waals surface area contributed by atoms with Gasteiger partial charge in [-0.05, 0) is 31.9 Å². The zero-order valence-electron chi connectivity index (χ0n) is 19.8. The van der Waals surface area contributed by atoms with Crippen LogP contribution in [0.15, 0.2) is 49.2 Å². The van der Waals surface area contributed by atoms with Gasteiger partial charge in [0.05, 0.1) is 23.8 Å². The number of carbonyl (C=O) groups excluding carboxylic acids is 1. The van der Waals surface area contributed by atoms with Crippen molar-refractivity contribution in [2.45, 2.75) is 38.6 Å². The maximum absolute atomic E-state index is 12.2. The molecule has 4 aromatic heterocycles. The predicted octanol–water partition coefficient (Wildman–Crippen LogP) is 2.98. The summed E-state index contributed by atoms with van der Waals surface area (Å²) in [4.78, 5) is 36.8. The first-order chi connectivity index (χ1) is 17.0. The average Bonchev–Trinajstić information content (AvgIpc) is 3.31. The topological polar surface area (TPSA) is 128 Å². The van der Waals surface area contributed by atoms with Crippen LogP contribution in [0.5, 0.6) is 0 Å². The van der Waals surface area contributed by atoms with Gasteiger partial charge in [0.1, 0.15) is 23.0 Å². The molecule has 35 heavy (non-hydrogen) atoms. The Kier molecular flexibility index (Phi) is 6.13. The molecule has 5 rings (SSSR count). The van der Waals surface area contributed by atoms with Crippen molar-refractivity contribution in [2.24, 2.45) is 7.05 Å². The number of aromatic nitrogens is 8. The molecule has 1 aliphatic rings. The van der Waals surface area contributed by atoms with Crippen molar-refractivity contribution in [3.63, 3.8) is 0 Å². The van der Waals surface area contributed by atoms with E-state index in [4.69, 9.17) is 9.97 Å². The summed E-state index contributed by atoms with van der Waals surface area (Å²) in [6.45, 7) is 4.28. The number of anilines is 2. The number of hydrogen-bond acceptors (Lipinski definition) is 9. The van der Waals surface area contributed by atoms with Gasteiger partial charge in [-0.15, -0.1) is 5.10 Å². The molecule has 0 aliphatic carbocycles. The number of rotatable bonds is 5. The zero-order chi connectivity index (χ0) is 24.4. The first-order valence-corrected chi connectivity index (χ1v) is 11.5. The van der Waals surface area contributed by atoms with Gasteiger partial charge in [-0.3, -0.25) is 24.4 Å². The van der Waals surface area contributed by atoms with Crippen LogP contribution in [0.25, 0.3) is 22.8 Å². The number of nitrogens with one attached hydrogen (secondary N) is 1. The van der Waals surface area contributed by atoms with Crippen LogP contribution in [-0.4, -0.2) is 63.3 Å². The van der Waals surface area contributed by atoms with E-state index in [1.807, 2.05) is 36.3 Å². The summed E-state index contributed by atoms with van der Waals surface area (Å²) in [5, 5.41) is 11.5. The van der Waals surface area contributed by atoms with E-state index in [1.165, 1.54) is 0 Å². The van der Waals surface area contributed by atoms with E-state index < -0.39 is 0 Å². The number of nitrogens with zero attached hydrogens (tertiary/aromatic N) is 9. The van der Waals surface area contributed by atoms with Gasteiger partial charge in [0.2, 0.25) is 5.91 Å². The lowest BCUT2D eigenvalue weighted by molar-refractivity contribution is -0.132. The number of piperidine rings is 1. The Bertz CT molecular complexity index is 1340. The number of aryl methyl sites for hydroxylation is 1. The quantitative estimate of drug-likeness (QED) is 0.468. The molecule has 0 spiro atoms. The van der Waals surface area contributed by atoms with Gasteiger partial charge >= 0.3 is 0 Å². The van der Waals surface area contributed by atoms with Crippen molar-refractivity contribution in [1.82, 2.24) is 44.8 Å². The summed E-state index contributed by atoms with van der Waals surface area (Å²) < 4.78 is 1.64. The van der Waals surface area contributed by atoms with Gasteiger partial charge in [-0.25, -0.2) is 9.97 Å². The Morgan fingerprint density at radius 2 is 1.89 bits per heavy atom. The monoisotopic (exact) mass is 470 g/mol. The van der Waals surface area contributed by atoms with E-state index in [2.05, 4.69) is 37.5 Å². The molecule has 0 saturated carbocycles. The lowest BCUT2D eigenvalue weighted by Crippen LogP contribution is -2.44. The molecular formula is C24H26N10O. The first kappa shape index (κ1) is 22.5. The molecule has 2 atom stereocenters. The van der Waals surface area contributed by atoms with E-state index in [-0.39, 0.29) is 17.9 Å². The highest BCUT2D eigenvalue weighted by atomic mass is 16.2. The summed E-state index contributed by atoms with van der Waals surface area (Å²) in [5.74, 6) is 1.40. The summed E-state index contributed by atoms with van der Waals surface area (Å²) in [5.41, 5.74) is 3.51. The van der Waals surface area contributed by atoms with Gasteiger partial charge < -0.3 is 10.2 Å². The van der Waals surface area contributed by atoms with Crippen LogP contribution in [0.3, 0.4) is 0 Å². The lowest BCUT2D eigenvalue weighted by Gasteiger charge is -2.37. The third-order valence-corrected chi connectivity index (χ3v) is 6.12. The van der Waals surface area contributed by atoms with Crippen molar-refractivity contribution >= 4 is 17.4 Å². The SMILES string of the molecule is CC(=O)N1C[C@H](c2nc(Nc3ccnc(-c4cn(C)nn4)c3)cc(-c3cnccn3)n2)CC[C@@H]1C. The minimum absolute atomic E-state index is 0.0277. The number of amides is 1. The number of likely N-dealkylation sites (tertiary alicyclic amines) is 1. The molecule has 0 radical (unpaired) electrons. The third-order valence-electron chi connectivity index (χ3n) is 6.12. The summed E-state index contributed by atoms with van der Waals surface area (Å²) >= 11 is 0. The summed E-state index contributed by atoms with van der Waals surface area (Å²) in [7, 11) is 1.81. The van der Waals surface area contributed by atoms with Crippen LogP contribution in [-0.2, 0) is 11.8 Å². The van der Waals surface area contributed by atoms with E-state index in [1.54, 1.807) is 36.4 Å². The Labute approximate surface area is 202 Å². The van der Waals surface area contributed by atoms with Gasteiger partial charge in [-0.1, -0.05) is 5.21 Å². The smallest absolute Gasteiger partial charge is 0.219 e. The molecule has 0 unspecified atom stereocenters. The molecule has 5 heterocycles. The average molecular weight is 471 g/mol. The molecule has 1 aliphatic heterocycles. The van der Waals surface area contributed by atoms with E-state index in [0.29, 0.717) is 41.0 Å². The Balaban J connectivity index is 1.49. The standard InChI is InChI=1S/C24H26N10O/c1-15-4-5-17(13-34(15)16(2)35)24-29-20(21-12-25-8-9-27-21)11-23(30-24)28-18-6-7-26-19(10-18)22-14-33(3)32-31-22/h6-12,14-15,17H,4-5,13H2,1-3H3,(H,26,28,29,30)/t15-,17+/m0/s1. The second kappa shape index (κ2) is 9.53. The third kappa shape index (κ3) is 4.98. The normalized spacial score (nSPS) is 17.9. The van der Waals surface area contributed by atoms with E-state index in [9.17, 15) is 4.79 Å². The molecule has 1 saturated heterocycles. The van der Waals surface area contributed by atoms with Crippen molar-refractivity contribution < 1.29 is 4.79 Å². The Morgan fingerprint density at radius 3 is 2.63 bits per heavy atom. The molecule has 0 bridgehead atoms. The molecule has 1 N–H and O–H groups in total. The highest BCUT2D eigenvalue weighted by Crippen LogP contribution is 2.31. The van der Waals surface area contributed by atoms with E-state index >= 15 is 0 Å². The molecule has 1 fully saturated rings. The van der Waals surface area contributed by atoms with Crippen LogP contribution in [0, 0.1) is 0 Å². The number of pyridine rings is 1. The fourth-order valence-corrected chi connectivity index (χ4v) is 4.29. The fourth-order valence-electron chi connectivity index (χ4n) is 4.29. The van der Waals surface area contributed by atoms with Gasteiger partial charge in [0.15, 0.2) is 0 Å². The predicted molar refractivity (Wildman–Crippen MR) is 129 cm³/mol. The lowest BCUT2D eigenvalue weighted by atomic mass is 9.92. The molecule has 11 heteroatoms. The molecule has 11 nitrogen and oxygen atoms in total. The highest BCUT2D eigenvalue weighted by Gasteiger charge is 2.30. The van der Waals surface area contributed by atoms with Gasteiger partial charge in [-0.2, -0.15) is 0 Å². The fraction of sp³-hybridized carbons (Fsp3) is 0.333. The van der Waals surface area contributed by atoms with Crippen LogP contribution in [0.1, 0.15) is 38.4 Å². The summed E-state index contributed by atoms with van der Waals surface area (Å²) in [6, 6.07) is 5.82. The van der Waals surface area contributed by atoms with Crippen molar-refractivity contribution in [3.8, 4) is 22.8 Å². The van der Waals surface area contributed by atoms with Crippen LogP contribution >= 0.6 is 0 Å². The molecule has 178 valence electrons. The number of carbonyl (C=O) groups is 1. The van der Waals surface area contributed by atoms with Gasteiger partial charge in [0.25, 0.3) is 0 Å². The second-order valence-corrected chi connectivity index (χ2v) is 8.71. The maximum atomic E-state index is 12.2. The molecule has 1 amide bonds. The highest BCUT2D eigenvalue weighted by molar-refractivity contribution is 5.74. The largest absolute Gasteiger partial charge is 0.340 e. The minimum Gasteiger partial charge on any atom is -0.340 e. The first-order valence-electron chi connectivity index (χ1n) is 11.5. The molecule has 4 aromatic rings.